The highest BCUT2D eigenvalue weighted by Crippen LogP contribution is 2.22. The Balaban J connectivity index is 1.46. The summed E-state index contributed by atoms with van der Waals surface area (Å²) in [5.41, 5.74) is 1.97. The van der Waals surface area contributed by atoms with E-state index in [1.54, 1.807) is 4.57 Å². The molecule has 1 N–H and O–H groups in total. The Kier molecular flexibility index (Phi) is 7.44. The highest BCUT2D eigenvalue weighted by atomic mass is 32.2. The van der Waals surface area contributed by atoms with Crippen molar-refractivity contribution in [2.45, 2.75) is 44.8 Å². The summed E-state index contributed by atoms with van der Waals surface area (Å²) in [5.74, 6) is 1.18. The summed E-state index contributed by atoms with van der Waals surface area (Å²) in [5, 5.41) is 12.9. The number of fused-ring (bicyclic) bond motifs is 3. The molecule has 7 nitrogen and oxygen atoms in total. The number of hydrogen-bond donors (Lipinski definition) is 1. The van der Waals surface area contributed by atoms with Gasteiger partial charge in [0.15, 0.2) is 5.16 Å². The van der Waals surface area contributed by atoms with E-state index in [-0.39, 0.29) is 17.2 Å². The molecule has 0 radical (unpaired) electrons. The zero-order chi connectivity index (χ0) is 23.2. The maximum Gasteiger partial charge on any atom is 0.262 e. The topological polar surface area (TPSA) is 81.3 Å². The first kappa shape index (κ1) is 23.0. The van der Waals surface area contributed by atoms with E-state index in [9.17, 15) is 9.59 Å². The van der Waals surface area contributed by atoms with Gasteiger partial charge in [-0.2, -0.15) is 0 Å². The number of carbonyl (C=O) groups excluding carboxylic acids is 1. The normalized spacial score (nSPS) is 11.5. The van der Waals surface area contributed by atoms with Gasteiger partial charge in [0.05, 0.1) is 16.7 Å². The molecule has 0 fully saturated rings. The number of carbonyl (C=O) groups is 1. The molecule has 172 valence electrons. The molecule has 0 atom stereocenters. The van der Waals surface area contributed by atoms with Crippen molar-refractivity contribution < 1.29 is 4.79 Å². The molecule has 0 aliphatic heterocycles. The second-order valence-electron chi connectivity index (χ2n) is 8.50. The van der Waals surface area contributed by atoms with Crippen molar-refractivity contribution in [1.82, 2.24) is 24.5 Å². The van der Waals surface area contributed by atoms with Crippen molar-refractivity contribution >= 4 is 34.3 Å². The first-order chi connectivity index (χ1) is 16.0. The lowest BCUT2D eigenvalue weighted by Gasteiger charge is -2.12. The van der Waals surface area contributed by atoms with E-state index in [0.717, 1.165) is 24.8 Å². The zero-order valence-corrected chi connectivity index (χ0v) is 19.8. The number of para-hydroxylation sites is 1. The van der Waals surface area contributed by atoms with E-state index in [2.05, 4.69) is 41.5 Å². The number of thioether (sulfide) groups is 1. The second-order valence-corrected chi connectivity index (χ2v) is 9.44. The Labute approximate surface area is 197 Å². The summed E-state index contributed by atoms with van der Waals surface area (Å²) >= 11 is 1.33. The lowest BCUT2D eigenvalue weighted by Crippen LogP contribution is -2.26. The summed E-state index contributed by atoms with van der Waals surface area (Å²) in [6.45, 7) is 5.47. The third-order valence-corrected chi connectivity index (χ3v) is 6.48. The Morgan fingerprint density at radius 1 is 1.06 bits per heavy atom. The number of benzene rings is 2. The molecule has 2 aromatic carbocycles. The van der Waals surface area contributed by atoms with E-state index >= 15 is 0 Å². The molecule has 0 aliphatic carbocycles. The third-order valence-electron chi connectivity index (χ3n) is 5.55. The minimum Gasteiger partial charge on any atom is -0.355 e. The van der Waals surface area contributed by atoms with Gasteiger partial charge in [-0.25, -0.2) is 0 Å². The van der Waals surface area contributed by atoms with Gasteiger partial charge in [0.25, 0.3) is 5.56 Å². The highest BCUT2D eigenvalue weighted by Gasteiger charge is 2.17. The maximum absolute atomic E-state index is 13.1. The number of aromatic nitrogens is 4. The van der Waals surface area contributed by atoms with Crippen molar-refractivity contribution in [3.63, 3.8) is 0 Å². The predicted octanol–water partition coefficient (Wildman–Crippen LogP) is 3.93. The molecule has 0 unspecified atom stereocenters. The number of nitrogens with zero attached hydrogens (tertiary/aromatic N) is 4. The van der Waals surface area contributed by atoms with Gasteiger partial charge in [0.2, 0.25) is 11.7 Å². The second kappa shape index (κ2) is 10.7. The summed E-state index contributed by atoms with van der Waals surface area (Å²) < 4.78 is 3.59. The molecule has 0 spiro atoms. The van der Waals surface area contributed by atoms with Crippen LogP contribution in [0.1, 0.15) is 32.3 Å². The van der Waals surface area contributed by atoms with Gasteiger partial charge in [0.1, 0.15) is 0 Å². The van der Waals surface area contributed by atoms with Crippen LogP contribution in [0.15, 0.2) is 64.5 Å². The molecule has 0 aliphatic rings. The van der Waals surface area contributed by atoms with Crippen LogP contribution in [0, 0.1) is 5.92 Å². The van der Waals surface area contributed by atoms with Crippen LogP contribution in [-0.4, -0.2) is 37.4 Å². The molecule has 33 heavy (non-hydrogen) atoms. The molecule has 8 heteroatoms. The zero-order valence-electron chi connectivity index (χ0n) is 19.0. The summed E-state index contributed by atoms with van der Waals surface area (Å²) in [6.07, 6.45) is 2.69. The van der Waals surface area contributed by atoms with Crippen LogP contribution < -0.4 is 10.9 Å². The Hall–Kier alpha value is -3.13. The first-order valence-electron chi connectivity index (χ1n) is 11.3. The van der Waals surface area contributed by atoms with Crippen LogP contribution in [0.3, 0.4) is 0 Å². The molecule has 1 amide bonds. The minimum absolute atomic E-state index is 0.0396. The van der Waals surface area contributed by atoms with Crippen molar-refractivity contribution in [2.24, 2.45) is 5.92 Å². The molecule has 4 rings (SSSR count). The van der Waals surface area contributed by atoms with Gasteiger partial charge in [-0.1, -0.05) is 68.1 Å². The summed E-state index contributed by atoms with van der Waals surface area (Å²) in [6, 6.07) is 17.7. The highest BCUT2D eigenvalue weighted by molar-refractivity contribution is 7.99. The van der Waals surface area contributed by atoms with E-state index < -0.39 is 0 Å². The van der Waals surface area contributed by atoms with Crippen LogP contribution in [0.4, 0.5) is 0 Å². The van der Waals surface area contributed by atoms with E-state index in [1.165, 1.54) is 17.3 Å². The average Bonchev–Trinajstić information content (AvgIpc) is 3.25. The predicted molar refractivity (Wildman–Crippen MR) is 133 cm³/mol. The van der Waals surface area contributed by atoms with E-state index in [4.69, 9.17) is 0 Å². The quantitative estimate of drug-likeness (QED) is 0.285. The Bertz CT molecular complexity index is 1300. The molecule has 0 saturated carbocycles. The van der Waals surface area contributed by atoms with Crippen molar-refractivity contribution in [3.05, 3.63) is 70.5 Å². The SMILES string of the molecule is CC(C)CCn1c(=O)c2ccccc2n2c(SCC(=O)NCCCc3ccccc3)nnc12. The van der Waals surface area contributed by atoms with Crippen LogP contribution in [-0.2, 0) is 17.8 Å². The van der Waals surface area contributed by atoms with Gasteiger partial charge in [-0.15, -0.1) is 10.2 Å². The molecular weight excluding hydrogens is 434 g/mol. The lowest BCUT2D eigenvalue weighted by atomic mass is 10.1. The molecule has 0 bridgehead atoms. The third kappa shape index (κ3) is 5.45. The van der Waals surface area contributed by atoms with Crippen molar-refractivity contribution in [2.75, 3.05) is 12.3 Å². The number of hydrogen-bond acceptors (Lipinski definition) is 5. The van der Waals surface area contributed by atoms with Gasteiger partial charge < -0.3 is 5.32 Å². The maximum atomic E-state index is 13.1. The number of rotatable bonds is 10. The average molecular weight is 464 g/mol. The molecular formula is C25H29N5O2S. The van der Waals surface area contributed by atoms with E-state index in [1.807, 2.05) is 46.9 Å². The first-order valence-corrected chi connectivity index (χ1v) is 12.3. The van der Waals surface area contributed by atoms with Crippen molar-refractivity contribution in [3.8, 4) is 0 Å². The largest absolute Gasteiger partial charge is 0.355 e. The van der Waals surface area contributed by atoms with Crippen LogP contribution in [0.5, 0.6) is 0 Å². The minimum atomic E-state index is -0.0566. The van der Waals surface area contributed by atoms with Gasteiger partial charge in [-0.3, -0.25) is 18.6 Å². The molecule has 2 heterocycles. The number of aryl methyl sites for hydroxylation is 2. The fourth-order valence-corrected chi connectivity index (χ4v) is 4.53. The standard InChI is InChI=1S/C25H29N5O2S/c1-18(2)14-16-29-23(32)20-12-6-7-13-21(20)30-24(29)27-28-25(30)33-17-22(31)26-15-8-11-19-9-4-3-5-10-19/h3-7,9-10,12-13,18H,8,11,14-17H2,1-2H3,(H,26,31). The summed E-state index contributed by atoms with van der Waals surface area (Å²) in [4.78, 5) is 25.5. The smallest absolute Gasteiger partial charge is 0.262 e. The fourth-order valence-electron chi connectivity index (χ4n) is 3.76. The molecule has 0 saturated heterocycles. The van der Waals surface area contributed by atoms with Crippen LogP contribution in [0.25, 0.3) is 16.7 Å². The van der Waals surface area contributed by atoms with Crippen molar-refractivity contribution in [1.29, 1.82) is 0 Å². The molecule has 2 aromatic heterocycles. The van der Waals surface area contributed by atoms with Crippen LogP contribution in [0.2, 0.25) is 0 Å². The fraction of sp³-hybridized carbons (Fsp3) is 0.360. The Morgan fingerprint density at radius 2 is 1.82 bits per heavy atom. The Morgan fingerprint density at radius 3 is 2.61 bits per heavy atom. The summed E-state index contributed by atoms with van der Waals surface area (Å²) in [7, 11) is 0. The monoisotopic (exact) mass is 463 g/mol. The molecule has 4 aromatic rings. The number of nitrogens with one attached hydrogen (secondary N) is 1. The number of amides is 1. The van der Waals surface area contributed by atoms with Crippen LogP contribution >= 0.6 is 11.8 Å². The van der Waals surface area contributed by atoms with Gasteiger partial charge in [0, 0.05) is 13.1 Å². The lowest BCUT2D eigenvalue weighted by molar-refractivity contribution is -0.118. The van der Waals surface area contributed by atoms with Gasteiger partial charge >= 0.3 is 0 Å². The van der Waals surface area contributed by atoms with Gasteiger partial charge in [-0.05, 0) is 42.9 Å². The van der Waals surface area contributed by atoms with E-state index in [0.29, 0.717) is 35.3 Å².